The van der Waals surface area contributed by atoms with Gasteiger partial charge in [0, 0.05) is 0 Å². The molecule has 2 aromatic heterocycles. The van der Waals surface area contributed by atoms with Crippen molar-refractivity contribution in [3.05, 3.63) is 89.1 Å². The minimum atomic E-state index is -0.973. The summed E-state index contributed by atoms with van der Waals surface area (Å²) in [4.78, 5) is 32.2. The number of aryl methyl sites for hydroxylation is 1. The van der Waals surface area contributed by atoms with Crippen LogP contribution in [0.25, 0.3) is 10.2 Å². The summed E-state index contributed by atoms with van der Waals surface area (Å²) >= 11 is 1.29. The second-order valence-electron chi connectivity index (χ2n) is 7.21. The van der Waals surface area contributed by atoms with E-state index in [0.717, 1.165) is 10.3 Å². The average Bonchev–Trinajstić information content (AvgIpc) is 3.46. The maximum atomic E-state index is 13.2. The molecule has 0 radical (unpaired) electrons. The molecule has 0 bridgehead atoms. The second-order valence-corrected chi connectivity index (χ2v) is 8.22. The zero-order valence-electron chi connectivity index (χ0n) is 16.3. The van der Waals surface area contributed by atoms with Gasteiger partial charge in [-0.1, -0.05) is 29.5 Å². The minimum absolute atomic E-state index is 0.00118. The molecule has 0 aliphatic carbocycles. The summed E-state index contributed by atoms with van der Waals surface area (Å²) < 4.78 is 6.09. The number of nitrogens with zero attached hydrogens (tertiary/aromatic N) is 2. The molecule has 7 nitrogen and oxygen atoms in total. The van der Waals surface area contributed by atoms with Gasteiger partial charge in [-0.05, 0) is 54.4 Å². The molecule has 3 heterocycles. The zero-order valence-corrected chi connectivity index (χ0v) is 17.1. The van der Waals surface area contributed by atoms with Gasteiger partial charge in [-0.2, -0.15) is 0 Å². The molecule has 0 fully saturated rings. The molecule has 8 heteroatoms. The number of anilines is 1. The summed E-state index contributed by atoms with van der Waals surface area (Å²) in [6.07, 6.45) is 1.35. The number of Topliss-reactive ketones (excluding diaryl/α,β-unsaturated/α-hetero) is 1. The van der Waals surface area contributed by atoms with E-state index in [2.05, 4.69) is 4.98 Å². The van der Waals surface area contributed by atoms with E-state index in [-0.39, 0.29) is 17.1 Å². The number of phenols is 1. The van der Waals surface area contributed by atoms with Crippen molar-refractivity contribution in [2.45, 2.75) is 13.0 Å². The van der Waals surface area contributed by atoms with E-state index in [0.29, 0.717) is 16.2 Å². The van der Waals surface area contributed by atoms with Crippen molar-refractivity contribution in [2.24, 2.45) is 0 Å². The Bertz CT molecular complexity index is 1370. The van der Waals surface area contributed by atoms with Gasteiger partial charge in [0.25, 0.3) is 5.91 Å². The van der Waals surface area contributed by atoms with Gasteiger partial charge in [0.2, 0.25) is 5.78 Å². The molecule has 4 aromatic rings. The molecule has 5 rings (SSSR count). The largest absolute Gasteiger partial charge is 0.508 e. The zero-order chi connectivity index (χ0) is 21.7. The lowest BCUT2D eigenvalue weighted by molar-refractivity contribution is -0.117. The molecular weight excluding hydrogens is 416 g/mol. The van der Waals surface area contributed by atoms with Crippen LogP contribution in [-0.2, 0) is 4.79 Å². The van der Waals surface area contributed by atoms with E-state index in [9.17, 15) is 19.8 Å². The Morgan fingerprint density at radius 2 is 1.97 bits per heavy atom. The number of aromatic hydroxyl groups is 1. The Morgan fingerprint density at radius 1 is 1.13 bits per heavy atom. The van der Waals surface area contributed by atoms with Crippen LogP contribution < -0.4 is 4.90 Å². The highest BCUT2D eigenvalue weighted by molar-refractivity contribution is 7.22. The van der Waals surface area contributed by atoms with E-state index in [1.54, 1.807) is 18.2 Å². The number of rotatable bonds is 4. The number of thiazole rings is 1. The van der Waals surface area contributed by atoms with Gasteiger partial charge in [0.15, 0.2) is 16.7 Å². The van der Waals surface area contributed by atoms with Crippen molar-refractivity contribution in [1.82, 2.24) is 4.98 Å². The van der Waals surface area contributed by atoms with E-state index >= 15 is 0 Å². The number of hydrogen-bond acceptors (Lipinski definition) is 7. The molecule has 1 amide bonds. The van der Waals surface area contributed by atoms with Crippen LogP contribution in [0.4, 0.5) is 5.13 Å². The number of furan rings is 1. The molecule has 2 aromatic carbocycles. The van der Waals surface area contributed by atoms with Crippen LogP contribution in [0.5, 0.6) is 5.75 Å². The van der Waals surface area contributed by atoms with Crippen molar-refractivity contribution in [2.75, 3.05) is 4.90 Å². The Hall–Kier alpha value is -3.91. The summed E-state index contributed by atoms with van der Waals surface area (Å²) in [6.45, 7) is 1.96. The summed E-state index contributed by atoms with van der Waals surface area (Å²) in [5.74, 6) is -2.03. The van der Waals surface area contributed by atoms with E-state index in [4.69, 9.17) is 4.42 Å². The number of aliphatic hydroxyl groups excluding tert-OH is 1. The van der Waals surface area contributed by atoms with E-state index in [1.807, 2.05) is 25.1 Å². The van der Waals surface area contributed by atoms with Crippen molar-refractivity contribution in [1.29, 1.82) is 0 Å². The Morgan fingerprint density at radius 3 is 2.71 bits per heavy atom. The van der Waals surface area contributed by atoms with Gasteiger partial charge in [0.1, 0.15) is 5.75 Å². The van der Waals surface area contributed by atoms with Crippen LogP contribution in [0.1, 0.15) is 27.7 Å². The number of phenolic OH excluding ortho intramolecular Hbond substituents is 1. The third kappa shape index (κ3) is 3.08. The first-order valence-corrected chi connectivity index (χ1v) is 10.3. The lowest BCUT2D eigenvalue weighted by Gasteiger charge is -2.24. The van der Waals surface area contributed by atoms with Gasteiger partial charge < -0.3 is 14.6 Å². The standard InChI is InChI=1S/C23H16N2O5S/c1-12-7-8-15-17(10-12)31-23(24-15)25-19(13-4-2-5-14(26)11-13)18(21(28)22(25)29)20(27)16-6-3-9-30-16/h2-11,19,26,28H,1H3/t19-/m0/s1. The first-order chi connectivity index (χ1) is 14.9. The Balaban J connectivity index is 1.70. The van der Waals surface area contributed by atoms with Gasteiger partial charge >= 0.3 is 0 Å². The number of amides is 1. The fraction of sp³-hybridized carbons (Fsp3) is 0.0870. The number of aromatic nitrogens is 1. The van der Waals surface area contributed by atoms with Crippen LogP contribution in [0, 0.1) is 6.92 Å². The number of aliphatic hydroxyl groups is 1. The van der Waals surface area contributed by atoms with Crippen LogP contribution in [0.3, 0.4) is 0 Å². The lowest BCUT2D eigenvalue weighted by atomic mass is 9.95. The highest BCUT2D eigenvalue weighted by atomic mass is 32.1. The van der Waals surface area contributed by atoms with Crippen LogP contribution >= 0.6 is 11.3 Å². The third-order valence-electron chi connectivity index (χ3n) is 5.12. The Labute approximate surface area is 180 Å². The second kappa shape index (κ2) is 7.10. The van der Waals surface area contributed by atoms with Crippen molar-refractivity contribution < 1.29 is 24.2 Å². The van der Waals surface area contributed by atoms with Crippen molar-refractivity contribution >= 4 is 38.4 Å². The summed E-state index contributed by atoms with van der Waals surface area (Å²) in [5.41, 5.74) is 2.09. The van der Waals surface area contributed by atoms with E-state index < -0.39 is 23.5 Å². The molecule has 1 aliphatic heterocycles. The summed E-state index contributed by atoms with van der Waals surface area (Å²) in [6, 6.07) is 14.0. The minimum Gasteiger partial charge on any atom is -0.508 e. The predicted molar refractivity (Wildman–Crippen MR) is 115 cm³/mol. The fourth-order valence-electron chi connectivity index (χ4n) is 3.71. The number of fused-ring (bicyclic) bond motifs is 1. The first kappa shape index (κ1) is 19.1. The molecule has 1 atom stereocenters. The van der Waals surface area contributed by atoms with Crippen LogP contribution in [-0.4, -0.2) is 26.9 Å². The van der Waals surface area contributed by atoms with Crippen LogP contribution in [0.2, 0.25) is 0 Å². The quantitative estimate of drug-likeness (QED) is 0.454. The van der Waals surface area contributed by atoms with Crippen molar-refractivity contribution in [3.63, 3.8) is 0 Å². The molecule has 154 valence electrons. The lowest BCUT2D eigenvalue weighted by Crippen LogP contribution is -2.30. The smallest absolute Gasteiger partial charge is 0.296 e. The van der Waals surface area contributed by atoms with Gasteiger partial charge in [-0.25, -0.2) is 4.98 Å². The third-order valence-corrected chi connectivity index (χ3v) is 6.14. The molecule has 31 heavy (non-hydrogen) atoms. The fourth-order valence-corrected chi connectivity index (χ4v) is 4.80. The topological polar surface area (TPSA) is 104 Å². The predicted octanol–water partition coefficient (Wildman–Crippen LogP) is 4.69. The molecule has 0 spiro atoms. The number of ketones is 1. The SMILES string of the molecule is Cc1ccc2nc(N3C(=O)C(O)=C(C(=O)c4ccco4)[C@@H]3c3cccc(O)c3)sc2c1. The van der Waals surface area contributed by atoms with Gasteiger partial charge in [0.05, 0.1) is 28.1 Å². The first-order valence-electron chi connectivity index (χ1n) is 9.45. The molecule has 2 N–H and O–H groups in total. The Kier molecular flexibility index (Phi) is 4.37. The number of carbonyl (C=O) groups is 2. The number of hydrogen-bond donors (Lipinski definition) is 2. The molecule has 1 aliphatic rings. The molecule has 0 saturated heterocycles. The highest BCUT2D eigenvalue weighted by Crippen LogP contribution is 2.44. The molecule has 0 unspecified atom stereocenters. The summed E-state index contributed by atoms with van der Waals surface area (Å²) in [7, 11) is 0. The molecule has 0 saturated carbocycles. The maximum Gasteiger partial charge on any atom is 0.296 e. The van der Waals surface area contributed by atoms with Crippen molar-refractivity contribution in [3.8, 4) is 5.75 Å². The average molecular weight is 432 g/mol. The highest BCUT2D eigenvalue weighted by Gasteiger charge is 2.46. The van der Waals surface area contributed by atoms with Crippen LogP contribution in [0.15, 0.2) is 76.6 Å². The maximum absolute atomic E-state index is 13.2. The number of carbonyl (C=O) groups excluding carboxylic acids is 2. The monoisotopic (exact) mass is 432 g/mol. The molecular formula is C23H16N2O5S. The van der Waals surface area contributed by atoms with Gasteiger partial charge in [-0.15, -0.1) is 0 Å². The van der Waals surface area contributed by atoms with E-state index in [1.165, 1.54) is 40.7 Å². The summed E-state index contributed by atoms with van der Waals surface area (Å²) in [5, 5.41) is 21.1. The normalized spacial score (nSPS) is 16.5. The number of benzene rings is 2. The van der Waals surface area contributed by atoms with Gasteiger partial charge in [-0.3, -0.25) is 14.5 Å².